The Morgan fingerprint density at radius 3 is 2.39 bits per heavy atom. The van der Waals surface area contributed by atoms with Gasteiger partial charge in [0.2, 0.25) is 17.7 Å². The fourth-order valence-electron chi connectivity index (χ4n) is 7.48. The number of aromatic nitrogens is 1. The summed E-state index contributed by atoms with van der Waals surface area (Å²) in [6, 6.07) is 4.59. The van der Waals surface area contributed by atoms with Gasteiger partial charge in [-0.15, -0.1) is 0 Å². The maximum atomic E-state index is 14.7. The number of hydrogen-bond acceptors (Lipinski definition) is 13. The Morgan fingerprint density at radius 2 is 1.79 bits per heavy atom. The lowest BCUT2D eigenvalue weighted by molar-refractivity contribution is -0.142. The first kappa shape index (κ1) is 41.4. The molecule has 0 unspecified atom stereocenters. The Morgan fingerprint density at radius 1 is 1.09 bits per heavy atom. The number of benzene rings is 1. The van der Waals surface area contributed by atoms with Crippen molar-refractivity contribution in [2.45, 2.75) is 114 Å². The van der Waals surface area contributed by atoms with Crippen LogP contribution in [0.4, 0.5) is 4.79 Å². The number of methoxy groups -OCH3 is 1. The number of rotatable bonds is 13. The Kier molecular flexibility index (Phi) is 11.3. The summed E-state index contributed by atoms with van der Waals surface area (Å²) < 4.78 is 74.8. The van der Waals surface area contributed by atoms with Crippen molar-refractivity contribution >= 4 is 54.7 Å². The minimum absolute atomic E-state index is 0.0573. The van der Waals surface area contributed by atoms with Crippen LogP contribution in [-0.4, -0.2) is 111 Å². The monoisotopic (exact) mass is 821 g/mol. The second kappa shape index (κ2) is 15.3. The van der Waals surface area contributed by atoms with E-state index < -0.39 is 90.7 Å². The van der Waals surface area contributed by atoms with E-state index in [4.69, 9.17) is 18.4 Å². The second-order valence-electron chi connectivity index (χ2n) is 16.5. The Labute approximate surface area is 327 Å². The molecule has 2 aromatic rings. The maximum absolute atomic E-state index is 14.7. The summed E-state index contributed by atoms with van der Waals surface area (Å²) in [7, 11) is -6.30. The predicted octanol–water partition coefficient (Wildman–Crippen LogP) is 2.52. The van der Waals surface area contributed by atoms with Crippen molar-refractivity contribution in [1.29, 1.82) is 0 Å². The lowest BCUT2D eigenvalue weighted by Crippen LogP contribution is -2.59. The number of nitrogens with zero attached hydrogens (tertiary/aromatic N) is 2. The van der Waals surface area contributed by atoms with Crippen LogP contribution in [0.25, 0.3) is 10.8 Å². The number of ether oxygens (including phenoxy) is 3. The van der Waals surface area contributed by atoms with Crippen LogP contribution in [0.5, 0.6) is 11.6 Å². The fourth-order valence-corrected chi connectivity index (χ4v) is 10.2. The summed E-state index contributed by atoms with van der Waals surface area (Å²) >= 11 is 0. The number of carbonyl (C=O) groups excluding carboxylic acids is 4. The first-order chi connectivity index (χ1) is 26.2. The minimum Gasteiger partial charge on any atom is -0.497 e. The molecule has 4 aliphatic rings. The smallest absolute Gasteiger partial charge is 0.408 e. The van der Waals surface area contributed by atoms with Gasteiger partial charge in [-0.3, -0.25) is 14.4 Å². The molecule has 19 heteroatoms. The van der Waals surface area contributed by atoms with Gasteiger partial charge < -0.3 is 29.7 Å². The summed E-state index contributed by atoms with van der Waals surface area (Å²) in [5.41, 5.74) is -3.40. The lowest BCUT2D eigenvalue weighted by atomic mass is 9.92. The summed E-state index contributed by atoms with van der Waals surface area (Å²) in [5, 5.41) is 6.86. The summed E-state index contributed by atoms with van der Waals surface area (Å²) in [4.78, 5) is 61.6. The summed E-state index contributed by atoms with van der Waals surface area (Å²) in [6.07, 6.45) is 1.58. The number of hydrogen-bond donors (Lipinski definition) is 3. The van der Waals surface area contributed by atoms with Gasteiger partial charge in [-0.1, -0.05) is 13.3 Å². The highest BCUT2D eigenvalue weighted by Crippen LogP contribution is 2.47. The molecule has 6 rings (SSSR count). The maximum Gasteiger partial charge on any atom is 0.408 e. The van der Waals surface area contributed by atoms with E-state index in [1.807, 2.05) is 10.8 Å². The first-order valence-corrected chi connectivity index (χ1v) is 22.1. The zero-order chi connectivity index (χ0) is 40.8. The highest BCUT2D eigenvalue weighted by Gasteiger charge is 2.62. The van der Waals surface area contributed by atoms with Crippen LogP contribution in [0.3, 0.4) is 0 Å². The zero-order valence-electron chi connectivity index (χ0n) is 32.5. The van der Waals surface area contributed by atoms with Crippen LogP contribution in [-0.2, 0) is 43.4 Å². The van der Waals surface area contributed by atoms with E-state index in [2.05, 4.69) is 15.6 Å². The van der Waals surface area contributed by atoms with E-state index in [-0.39, 0.29) is 49.6 Å². The number of alkyl carbamates (subject to hydrolysis) is 1. The van der Waals surface area contributed by atoms with Crippen LogP contribution >= 0.6 is 0 Å². The zero-order valence-corrected chi connectivity index (χ0v) is 34.1. The van der Waals surface area contributed by atoms with Gasteiger partial charge in [0.15, 0.2) is 0 Å². The number of fused-ring (bicyclic) bond motifs is 1. The number of sulfone groups is 1. The fraction of sp³-hybridized carbons (Fsp3) is 0.649. The van der Waals surface area contributed by atoms with Gasteiger partial charge in [0.25, 0.3) is 5.91 Å². The lowest BCUT2D eigenvalue weighted by Gasteiger charge is -2.35. The molecule has 3 N–H and O–H groups in total. The largest absolute Gasteiger partial charge is 0.497 e. The van der Waals surface area contributed by atoms with E-state index in [9.17, 15) is 36.0 Å². The SMILES string of the molecule is CC[C@@H]1C[C@]1(NC(=O)[C@@H]1C[C@@H](Oc2nccc3cc(OC)ccc23)CN1C(=O)[C@@H](NC(=O)OC(C)(C)C)C1CCS(=O)(=O)CC1)C(=O)NS(=O)(=O)OC1(C)CC1. The van der Waals surface area contributed by atoms with Crippen molar-refractivity contribution in [2.24, 2.45) is 11.8 Å². The molecule has 0 spiro atoms. The Hall–Kier alpha value is -4.23. The Balaban J connectivity index is 1.30. The molecular weight excluding hydrogens is 771 g/mol. The van der Waals surface area contributed by atoms with Gasteiger partial charge in [-0.25, -0.2) is 27.1 Å². The number of amides is 4. The van der Waals surface area contributed by atoms with Crippen molar-refractivity contribution in [3.8, 4) is 11.6 Å². The minimum atomic E-state index is -4.50. The molecule has 17 nitrogen and oxygen atoms in total. The van der Waals surface area contributed by atoms with Gasteiger partial charge >= 0.3 is 16.4 Å². The van der Waals surface area contributed by atoms with Crippen LogP contribution in [0.15, 0.2) is 30.5 Å². The topological polar surface area (TPSA) is 226 Å². The van der Waals surface area contributed by atoms with E-state index in [1.165, 1.54) is 4.90 Å². The molecule has 1 aromatic carbocycles. The van der Waals surface area contributed by atoms with Crippen molar-refractivity contribution in [2.75, 3.05) is 25.2 Å². The molecular formula is C37H51N5O12S2. The number of nitrogens with one attached hydrogen (secondary N) is 3. The van der Waals surface area contributed by atoms with Gasteiger partial charge in [-0.2, -0.15) is 8.42 Å². The molecule has 4 amide bonds. The van der Waals surface area contributed by atoms with E-state index in [0.717, 1.165) is 5.39 Å². The number of pyridine rings is 1. The molecule has 3 heterocycles. The van der Waals surface area contributed by atoms with Crippen LogP contribution in [0.2, 0.25) is 0 Å². The highest BCUT2D eigenvalue weighted by atomic mass is 32.2. The van der Waals surface area contributed by atoms with Gasteiger partial charge in [0, 0.05) is 18.0 Å². The molecule has 2 aliphatic carbocycles. The summed E-state index contributed by atoms with van der Waals surface area (Å²) in [5.74, 6) is -2.89. The quantitative estimate of drug-likeness (QED) is 0.265. The third kappa shape index (κ3) is 9.48. The van der Waals surface area contributed by atoms with Gasteiger partial charge in [0.05, 0.1) is 30.8 Å². The van der Waals surface area contributed by atoms with Crippen molar-refractivity contribution < 1.29 is 54.4 Å². The molecule has 4 fully saturated rings. The molecule has 0 bridgehead atoms. The van der Waals surface area contributed by atoms with Gasteiger partial charge in [-0.05, 0) is 101 Å². The Bertz CT molecular complexity index is 2090. The second-order valence-corrected chi connectivity index (χ2v) is 20.1. The van der Waals surface area contributed by atoms with Crippen LogP contribution < -0.4 is 24.8 Å². The van der Waals surface area contributed by atoms with E-state index in [0.29, 0.717) is 30.4 Å². The third-order valence-electron chi connectivity index (χ3n) is 10.9. The van der Waals surface area contributed by atoms with E-state index >= 15 is 0 Å². The average molecular weight is 822 g/mol. The molecule has 1 aromatic heterocycles. The average Bonchev–Trinajstić information content (AvgIpc) is 3.98. The molecule has 2 aliphatic heterocycles. The summed E-state index contributed by atoms with van der Waals surface area (Å²) in [6.45, 7) is 8.27. The van der Waals surface area contributed by atoms with E-state index in [1.54, 1.807) is 66.1 Å². The molecule has 5 atom stereocenters. The molecule has 56 heavy (non-hydrogen) atoms. The van der Waals surface area contributed by atoms with Crippen molar-refractivity contribution in [3.05, 3.63) is 30.5 Å². The normalized spacial score (nSPS) is 26.1. The van der Waals surface area contributed by atoms with Crippen molar-refractivity contribution in [1.82, 2.24) is 25.2 Å². The number of likely N-dealkylation sites (tertiary alicyclic amines) is 1. The van der Waals surface area contributed by atoms with Crippen molar-refractivity contribution in [3.63, 3.8) is 0 Å². The first-order valence-electron chi connectivity index (χ1n) is 18.8. The number of carbonyl (C=O) groups is 4. The molecule has 2 saturated heterocycles. The molecule has 2 saturated carbocycles. The highest BCUT2D eigenvalue weighted by molar-refractivity contribution is 7.91. The third-order valence-corrected chi connectivity index (χ3v) is 13.7. The standard InChI is InChI=1S/C37H51N5O12S2/c1-7-24-20-37(24,33(45)41-56(49,50)54-36(5)13-14-36)40-30(43)28-19-26(52-31-27-9-8-25(51-6)18-23(27)10-15-38-31)21-42(28)32(44)29(39-34(46)53-35(2,3)4)22-11-16-55(47,48)17-12-22/h8-10,15,18,22,24,26,28-29H,7,11-14,16-17,19-21H2,1-6H3,(H,39,46)(H,40,43)(H,41,45)/t24-,26-,28+,29+,37-/m1/s1. The van der Waals surface area contributed by atoms with Crippen LogP contribution in [0.1, 0.15) is 79.6 Å². The molecule has 0 radical (unpaired) electrons. The predicted molar refractivity (Wildman–Crippen MR) is 202 cm³/mol. The van der Waals surface area contributed by atoms with Gasteiger partial charge in [0.1, 0.15) is 44.9 Å². The van der Waals surface area contributed by atoms with Crippen LogP contribution in [0, 0.1) is 11.8 Å². The molecule has 308 valence electrons.